The molecule has 3 nitrogen and oxygen atoms in total. The lowest BCUT2D eigenvalue weighted by molar-refractivity contribution is 0.486. The molecule has 0 saturated carbocycles. The lowest BCUT2D eigenvalue weighted by atomic mass is 10.3. The zero-order valence-electron chi connectivity index (χ0n) is 7.21. The number of thioether (sulfide) groups is 1. The highest BCUT2D eigenvalue weighted by Crippen LogP contribution is 2.34. The molecule has 0 saturated heterocycles. The number of aliphatic imine (C=N–C) groups is 1. The van der Waals surface area contributed by atoms with Gasteiger partial charge in [-0.15, -0.1) is 0 Å². The smallest absolute Gasteiger partial charge is 0.168 e. The molecule has 0 atom stereocenters. The second kappa shape index (κ2) is 3.11. The third-order valence-corrected chi connectivity index (χ3v) is 3.47. The maximum atomic E-state index is 5.62. The first kappa shape index (κ1) is 8.13. The van der Waals surface area contributed by atoms with Crippen LogP contribution in [0.15, 0.2) is 15.6 Å². The SMILES string of the molecule is CC1=C(CN)SC2=NCCCN21. The molecule has 0 aromatic heterocycles. The summed E-state index contributed by atoms with van der Waals surface area (Å²) >= 11 is 1.73. The summed E-state index contributed by atoms with van der Waals surface area (Å²) in [5.74, 6) is 0. The standard InChI is InChI=1S/C8H13N3S/c1-6-7(5-9)12-8-10-3-2-4-11(6)8/h2-5,9H2,1H3. The van der Waals surface area contributed by atoms with Gasteiger partial charge in [0, 0.05) is 30.2 Å². The van der Waals surface area contributed by atoms with E-state index in [1.54, 1.807) is 11.8 Å². The molecule has 0 amide bonds. The fourth-order valence-corrected chi connectivity index (χ4v) is 2.56. The van der Waals surface area contributed by atoms with Crippen LogP contribution in [0.3, 0.4) is 0 Å². The van der Waals surface area contributed by atoms with Crippen LogP contribution in [0, 0.1) is 0 Å². The summed E-state index contributed by atoms with van der Waals surface area (Å²) in [6, 6.07) is 0. The molecule has 0 radical (unpaired) electrons. The van der Waals surface area contributed by atoms with Gasteiger partial charge in [0.25, 0.3) is 0 Å². The van der Waals surface area contributed by atoms with Crippen molar-refractivity contribution in [1.29, 1.82) is 0 Å². The van der Waals surface area contributed by atoms with Gasteiger partial charge in [-0.25, -0.2) is 0 Å². The monoisotopic (exact) mass is 183 g/mol. The van der Waals surface area contributed by atoms with Crippen molar-refractivity contribution in [3.8, 4) is 0 Å². The number of nitrogens with two attached hydrogens (primary N) is 1. The molecular formula is C8H13N3S. The summed E-state index contributed by atoms with van der Waals surface area (Å²) in [6.07, 6.45) is 1.17. The van der Waals surface area contributed by atoms with Crippen LogP contribution < -0.4 is 5.73 Å². The predicted octanol–water partition coefficient (Wildman–Crippen LogP) is 0.985. The topological polar surface area (TPSA) is 41.6 Å². The summed E-state index contributed by atoms with van der Waals surface area (Å²) in [5.41, 5.74) is 6.92. The van der Waals surface area contributed by atoms with Crippen molar-refractivity contribution in [2.75, 3.05) is 19.6 Å². The highest BCUT2D eigenvalue weighted by molar-refractivity contribution is 8.17. The summed E-state index contributed by atoms with van der Waals surface area (Å²) in [4.78, 5) is 8.00. The molecule has 2 aliphatic heterocycles. The third kappa shape index (κ3) is 1.15. The molecule has 0 aliphatic carbocycles. The maximum absolute atomic E-state index is 5.62. The molecular weight excluding hydrogens is 170 g/mol. The number of rotatable bonds is 1. The van der Waals surface area contributed by atoms with Crippen LogP contribution in [0.25, 0.3) is 0 Å². The quantitative estimate of drug-likeness (QED) is 0.659. The van der Waals surface area contributed by atoms with Gasteiger partial charge in [0.05, 0.1) is 0 Å². The molecule has 12 heavy (non-hydrogen) atoms. The molecule has 2 heterocycles. The molecule has 2 rings (SSSR count). The van der Waals surface area contributed by atoms with Gasteiger partial charge in [0.1, 0.15) is 0 Å². The third-order valence-electron chi connectivity index (χ3n) is 2.23. The van der Waals surface area contributed by atoms with E-state index in [1.807, 2.05) is 0 Å². The van der Waals surface area contributed by atoms with Crippen LogP contribution in [0.2, 0.25) is 0 Å². The minimum Gasteiger partial charge on any atom is -0.326 e. The first-order chi connectivity index (χ1) is 5.83. The van der Waals surface area contributed by atoms with E-state index in [0.717, 1.165) is 18.3 Å². The summed E-state index contributed by atoms with van der Waals surface area (Å²) in [6.45, 7) is 4.86. The minimum absolute atomic E-state index is 0.645. The van der Waals surface area contributed by atoms with Gasteiger partial charge in [0.2, 0.25) is 0 Å². The van der Waals surface area contributed by atoms with Crippen LogP contribution in [-0.2, 0) is 0 Å². The Morgan fingerprint density at radius 3 is 3.17 bits per heavy atom. The number of fused-ring (bicyclic) bond motifs is 1. The lowest BCUT2D eigenvalue weighted by Crippen LogP contribution is -2.28. The minimum atomic E-state index is 0.645. The van der Waals surface area contributed by atoms with Crippen LogP contribution in [-0.4, -0.2) is 29.7 Å². The fourth-order valence-electron chi connectivity index (χ4n) is 1.51. The van der Waals surface area contributed by atoms with Crippen molar-refractivity contribution >= 4 is 16.9 Å². The van der Waals surface area contributed by atoms with E-state index in [9.17, 15) is 0 Å². The number of allylic oxidation sites excluding steroid dienone is 1. The molecule has 0 aromatic rings. The number of hydrogen-bond donors (Lipinski definition) is 1. The van der Waals surface area contributed by atoms with E-state index >= 15 is 0 Å². The van der Waals surface area contributed by atoms with Crippen molar-refractivity contribution in [3.63, 3.8) is 0 Å². The zero-order valence-corrected chi connectivity index (χ0v) is 8.02. The largest absolute Gasteiger partial charge is 0.326 e. The van der Waals surface area contributed by atoms with Gasteiger partial charge < -0.3 is 10.6 Å². The van der Waals surface area contributed by atoms with Crippen molar-refractivity contribution in [2.45, 2.75) is 13.3 Å². The van der Waals surface area contributed by atoms with Gasteiger partial charge in [-0.05, 0) is 13.3 Å². The van der Waals surface area contributed by atoms with E-state index in [-0.39, 0.29) is 0 Å². The van der Waals surface area contributed by atoms with Gasteiger partial charge in [-0.1, -0.05) is 11.8 Å². The highest BCUT2D eigenvalue weighted by atomic mass is 32.2. The molecule has 0 aromatic carbocycles. The Balaban J connectivity index is 2.26. The Labute approximate surface area is 76.7 Å². The van der Waals surface area contributed by atoms with Crippen molar-refractivity contribution < 1.29 is 0 Å². The van der Waals surface area contributed by atoms with Gasteiger partial charge in [-0.2, -0.15) is 0 Å². The molecule has 0 bridgehead atoms. The average molecular weight is 183 g/mol. The van der Waals surface area contributed by atoms with Crippen molar-refractivity contribution in [2.24, 2.45) is 10.7 Å². The van der Waals surface area contributed by atoms with Crippen LogP contribution in [0.4, 0.5) is 0 Å². The molecule has 66 valence electrons. The molecule has 0 fully saturated rings. The molecule has 0 spiro atoms. The van der Waals surface area contributed by atoms with E-state index in [0.29, 0.717) is 6.54 Å². The summed E-state index contributed by atoms with van der Waals surface area (Å²) < 4.78 is 0. The summed E-state index contributed by atoms with van der Waals surface area (Å²) in [7, 11) is 0. The molecule has 2 aliphatic rings. The van der Waals surface area contributed by atoms with Gasteiger partial charge >= 0.3 is 0 Å². The average Bonchev–Trinajstić information content (AvgIpc) is 2.44. The van der Waals surface area contributed by atoms with Crippen LogP contribution >= 0.6 is 11.8 Å². The zero-order chi connectivity index (χ0) is 8.55. The van der Waals surface area contributed by atoms with Crippen molar-refractivity contribution in [1.82, 2.24) is 4.90 Å². The number of hydrogen-bond acceptors (Lipinski definition) is 4. The van der Waals surface area contributed by atoms with Crippen molar-refractivity contribution in [3.05, 3.63) is 10.6 Å². The Kier molecular flexibility index (Phi) is 2.11. The van der Waals surface area contributed by atoms with E-state index in [2.05, 4.69) is 16.8 Å². The second-order valence-electron chi connectivity index (χ2n) is 2.98. The predicted molar refractivity (Wildman–Crippen MR) is 53.0 cm³/mol. The summed E-state index contributed by atoms with van der Waals surface area (Å²) in [5, 5.41) is 1.15. The lowest BCUT2D eigenvalue weighted by Gasteiger charge is -2.23. The Hall–Kier alpha value is -0.480. The second-order valence-corrected chi connectivity index (χ2v) is 4.05. The fraction of sp³-hybridized carbons (Fsp3) is 0.625. The molecule has 4 heteroatoms. The highest BCUT2D eigenvalue weighted by Gasteiger charge is 2.26. The van der Waals surface area contributed by atoms with Crippen LogP contribution in [0.1, 0.15) is 13.3 Å². The Bertz CT molecular complexity index is 257. The first-order valence-electron chi connectivity index (χ1n) is 4.22. The number of amidine groups is 1. The number of nitrogens with zero attached hydrogens (tertiary/aromatic N) is 2. The van der Waals surface area contributed by atoms with E-state index < -0.39 is 0 Å². The normalized spacial score (nSPS) is 22.8. The van der Waals surface area contributed by atoms with Gasteiger partial charge in [0.15, 0.2) is 5.17 Å². The first-order valence-corrected chi connectivity index (χ1v) is 5.04. The Morgan fingerprint density at radius 2 is 2.50 bits per heavy atom. The molecule has 2 N–H and O–H groups in total. The molecule has 0 unspecified atom stereocenters. The van der Waals surface area contributed by atoms with Gasteiger partial charge in [-0.3, -0.25) is 4.99 Å². The Morgan fingerprint density at radius 1 is 1.67 bits per heavy atom. The van der Waals surface area contributed by atoms with E-state index in [1.165, 1.54) is 17.0 Å². The maximum Gasteiger partial charge on any atom is 0.168 e. The van der Waals surface area contributed by atoms with Crippen LogP contribution in [0.5, 0.6) is 0 Å². The van der Waals surface area contributed by atoms with E-state index in [4.69, 9.17) is 5.73 Å².